The molecule has 0 atom stereocenters. The average molecular weight is 503 g/mol. The van der Waals surface area contributed by atoms with Gasteiger partial charge in [0.25, 0.3) is 0 Å². The molecule has 6 heteroatoms. The van der Waals surface area contributed by atoms with Crippen LogP contribution in [0, 0.1) is 41.5 Å². The van der Waals surface area contributed by atoms with Crippen LogP contribution >= 0.6 is 23.5 Å². The van der Waals surface area contributed by atoms with E-state index in [0.717, 1.165) is 34.5 Å². The molecule has 3 heterocycles. The van der Waals surface area contributed by atoms with Crippen molar-refractivity contribution in [2.75, 3.05) is 39.6 Å². The van der Waals surface area contributed by atoms with Gasteiger partial charge in [0, 0.05) is 23.0 Å². The number of hydrogen-bond donors (Lipinski definition) is 0. The summed E-state index contributed by atoms with van der Waals surface area (Å²) in [6, 6.07) is 0. The van der Waals surface area contributed by atoms with Crippen LogP contribution in [-0.2, 0) is 32.5 Å². The number of benzene rings is 2. The third kappa shape index (κ3) is 5.25. The summed E-state index contributed by atoms with van der Waals surface area (Å²) in [5.74, 6) is 6.01. The first-order valence-corrected chi connectivity index (χ1v) is 14.5. The first-order chi connectivity index (χ1) is 16.4. The van der Waals surface area contributed by atoms with E-state index in [4.69, 9.17) is 18.9 Å². The molecular weight excluding hydrogens is 464 g/mol. The second-order valence-corrected chi connectivity index (χ2v) is 11.2. The quantitative estimate of drug-likeness (QED) is 0.382. The van der Waals surface area contributed by atoms with E-state index in [1.54, 1.807) is 0 Å². The van der Waals surface area contributed by atoms with Gasteiger partial charge >= 0.3 is 0 Å². The van der Waals surface area contributed by atoms with Crippen molar-refractivity contribution >= 4 is 23.5 Å². The third-order valence-electron chi connectivity index (χ3n) is 7.29. The van der Waals surface area contributed by atoms with Crippen molar-refractivity contribution < 1.29 is 18.9 Å². The van der Waals surface area contributed by atoms with Crippen LogP contribution in [0.4, 0.5) is 0 Å². The van der Waals surface area contributed by atoms with Crippen molar-refractivity contribution in [2.24, 2.45) is 0 Å². The maximum absolute atomic E-state index is 6.33. The Kier molecular flexibility index (Phi) is 8.78. The normalized spacial score (nSPS) is 17.7. The fourth-order valence-electron chi connectivity index (χ4n) is 5.14. The van der Waals surface area contributed by atoms with Crippen molar-refractivity contribution in [1.82, 2.24) is 0 Å². The zero-order valence-corrected chi connectivity index (χ0v) is 23.2. The molecule has 0 spiro atoms. The van der Waals surface area contributed by atoms with Crippen LogP contribution < -0.4 is 9.47 Å². The Morgan fingerprint density at radius 2 is 0.706 bits per heavy atom. The maximum Gasteiger partial charge on any atom is 0.125 e. The smallest absolute Gasteiger partial charge is 0.125 e. The van der Waals surface area contributed by atoms with Crippen LogP contribution in [0.2, 0.25) is 0 Å². The predicted octanol–water partition coefficient (Wildman–Crippen LogP) is 6.52. The number of hydrogen-bond acceptors (Lipinski definition) is 6. The van der Waals surface area contributed by atoms with Crippen LogP contribution in [0.5, 0.6) is 11.5 Å². The van der Waals surface area contributed by atoms with Gasteiger partial charge in [-0.15, -0.1) is 0 Å². The van der Waals surface area contributed by atoms with Crippen molar-refractivity contribution in [2.45, 2.75) is 64.6 Å². The van der Waals surface area contributed by atoms with Gasteiger partial charge in [0.2, 0.25) is 0 Å². The summed E-state index contributed by atoms with van der Waals surface area (Å²) in [5, 5.41) is 0. The zero-order chi connectivity index (χ0) is 24.2. The molecule has 34 heavy (non-hydrogen) atoms. The van der Waals surface area contributed by atoms with Crippen LogP contribution in [0.25, 0.3) is 0 Å². The lowest BCUT2D eigenvalue weighted by Gasteiger charge is -2.25. The molecule has 4 nitrogen and oxygen atoms in total. The summed E-state index contributed by atoms with van der Waals surface area (Å²) in [6.45, 7) is 16.8. The Morgan fingerprint density at radius 3 is 1.03 bits per heavy atom. The Morgan fingerprint density at radius 1 is 0.412 bits per heavy atom. The van der Waals surface area contributed by atoms with Crippen molar-refractivity contribution in [3.8, 4) is 11.5 Å². The summed E-state index contributed by atoms with van der Waals surface area (Å²) in [7, 11) is 0. The summed E-state index contributed by atoms with van der Waals surface area (Å²) >= 11 is 3.99. The van der Waals surface area contributed by atoms with Crippen LogP contribution in [0.15, 0.2) is 0 Å². The van der Waals surface area contributed by atoms with Gasteiger partial charge in [0.05, 0.1) is 26.4 Å². The van der Waals surface area contributed by atoms with Crippen LogP contribution in [-0.4, -0.2) is 39.6 Å². The third-order valence-corrected chi connectivity index (χ3v) is 9.26. The molecular formula is C28H38O4S2. The van der Waals surface area contributed by atoms with Crippen molar-refractivity contribution in [3.63, 3.8) is 0 Å². The van der Waals surface area contributed by atoms with E-state index in [1.807, 2.05) is 23.5 Å². The second-order valence-electron chi connectivity index (χ2n) is 9.23. The maximum atomic E-state index is 6.33. The lowest BCUT2D eigenvalue weighted by atomic mass is 9.93. The number of ether oxygens (including phenoxy) is 4. The first kappa shape index (κ1) is 25.7. The molecule has 3 aliphatic heterocycles. The van der Waals surface area contributed by atoms with Gasteiger partial charge in [-0.1, -0.05) is 0 Å². The summed E-state index contributed by atoms with van der Waals surface area (Å²) < 4.78 is 24.2. The van der Waals surface area contributed by atoms with E-state index < -0.39 is 0 Å². The molecule has 0 N–H and O–H groups in total. The highest BCUT2D eigenvalue weighted by molar-refractivity contribution is 7.98. The predicted molar refractivity (Wildman–Crippen MR) is 144 cm³/mol. The van der Waals surface area contributed by atoms with Crippen molar-refractivity contribution in [3.05, 3.63) is 55.6 Å². The molecule has 3 aliphatic rings. The summed E-state index contributed by atoms with van der Waals surface area (Å²) in [4.78, 5) is 0. The number of thioether (sulfide) groups is 2. The molecule has 186 valence electrons. The molecule has 0 saturated carbocycles. The number of fused-ring (bicyclic) bond motifs is 13. The zero-order valence-electron chi connectivity index (χ0n) is 21.5. The summed E-state index contributed by atoms with van der Waals surface area (Å²) in [5.41, 5.74) is 13.7. The highest BCUT2D eigenvalue weighted by Crippen LogP contribution is 2.41. The monoisotopic (exact) mass is 502 g/mol. The van der Waals surface area contributed by atoms with E-state index in [-0.39, 0.29) is 0 Å². The van der Waals surface area contributed by atoms with Gasteiger partial charge in [-0.05, 0) is 97.2 Å². The van der Waals surface area contributed by atoms with Crippen LogP contribution in [0.3, 0.4) is 0 Å². The van der Waals surface area contributed by atoms with Crippen molar-refractivity contribution in [1.29, 1.82) is 0 Å². The first-order valence-electron chi connectivity index (χ1n) is 12.2. The molecule has 2 aromatic carbocycles. The van der Waals surface area contributed by atoms with Gasteiger partial charge in [-0.2, -0.15) is 23.5 Å². The average Bonchev–Trinajstić information content (AvgIpc) is 2.80. The largest absolute Gasteiger partial charge is 0.491 e. The van der Waals surface area contributed by atoms with Gasteiger partial charge in [-0.3, -0.25) is 0 Å². The second kappa shape index (κ2) is 11.6. The minimum atomic E-state index is 0.553. The fraction of sp³-hybridized carbons (Fsp3) is 0.571. The lowest BCUT2D eigenvalue weighted by molar-refractivity contribution is 0.0271. The molecule has 0 aliphatic carbocycles. The molecule has 0 aromatic heterocycles. The molecule has 0 saturated heterocycles. The Labute approximate surface area is 213 Å². The number of rotatable bonds is 0. The van der Waals surface area contributed by atoms with Gasteiger partial charge in [-0.25, -0.2) is 0 Å². The standard InChI is InChI=1S/C28H38O4S2/c1-17-23-13-33-15-25-18(2)26-16-34-14-24(17)20(4)27(19(23)3)31-11-9-29-7-8-30-10-12-32-28(21(25)5)22(26)6/h7-16H2,1-6H3. The molecule has 0 fully saturated rings. The van der Waals surface area contributed by atoms with E-state index in [2.05, 4.69) is 41.5 Å². The molecule has 0 unspecified atom stereocenters. The van der Waals surface area contributed by atoms with E-state index >= 15 is 0 Å². The Balaban J connectivity index is 1.80. The minimum Gasteiger partial charge on any atom is -0.491 e. The molecule has 2 aromatic rings. The fourth-order valence-corrected chi connectivity index (χ4v) is 7.89. The van der Waals surface area contributed by atoms with Gasteiger partial charge < -0.3 is 18.9 Å². The molecule has 6 bridgehead atoms. The highest BCUT2D eigenvalue weighted by Gasteiger charge is 2.22. The minimum absolute atomic E-state index is 0.553. The van der Waals surface area contributed by atoms with Crippen LogP contribution in [0.1, 0.15) is 55.6 Å². The van der Waals surface area contributed by atoms with E-state index in [9.17, 15) is 0 Å². The topological polar surface area (TPSA) is 36.9 Å². The van der Waals surface area contributed by atoms with Gasteiger partial charge in [0.15, 0.2) is 0 Å². The molecule has 0 radical (unpaired) electrons. The highest BCUT2D eigenvalue weighted by atomic mass is 32.2. The van der Waals surface area contributed by atoms with Gasteiger partial charge in [0.1, 0.15) is 24.7 Å². The Hall–Kier alpha value is -1.34. The summed E-state index contributed by atoms with van der Waals surface area (Å²) in [6.07, 6.45) is 0. The Bertz CT molecular complexity index is 902. The van der Waals surface area contributed by atoms with E-state index in [1.165, 1.54) is 55.6 Å². The SMILES string of the molecule is Cc1c2c(C)c3c(C)c1CSCc1c(C)c(c(C)c(c1C)OCCOCCOCCO3)CSC2. The molecule has 0 amide bonds. The molecule has 5 rings (SSSR count). The lowest BCUT2D eigenvalue weighted by Crippen LogP contribution is -2.15. The van der Waals surface area contributed by atoms with E-state index in [0.29, 0.717) is 39.6 Å².